The van der Waals surface area contributed by atoms with E-state index < -0.39 is 6.10 Å². The Morgan fingerprint density at radius 2 is 1.44 bits per heavy atom. The number of benzene rings is 2. The van der Waals surface area contributed by atoms with Crippen molar-refractivity contribution in [1.29, 1.82) is 0 Å². The first-order chi connectivity index (χ1) is 26.3. The molecule has 2 amide bonds. The zero-order valence-electron chi connectivity index (χ0n) is 31.1. The van der Waals surface area contributed by atoms with Crippen molar-refractivity contribution in [2.24, 2.45) is 5.92 Å². The third-order valence-corrected chi connectivity index (χ3v) is 12.4. The minimum atomic E-state index is -0.450. The number of urea groups is 1. The number of aliphatic hydroxyl groups is 1. The van der Waals surface area contributed by atoms with Gasteiger partial charge < -0.3 is 29.7 Å². The number of nitrogens with zero attached hydrogens (tertiary/aromatic N) is 8. The molecule has 0 bridgehead atoms. The molecule has 14 heteroatoms. The molecule has 7 rings (SSSR count). The minimum absolute atomic E-state index is 0.0715. The van der Waals surface area contributed by atoms with Gasteiger partial charge in [-0.3, -0.25) is 14.6 Å². The van der Waals surface area contributed by atoms with Gasteiger partial charge in [-0.2, -0.15) is 0 Å². The topological polar surface area (TPSA) is 113 Å². The number of β-amino-alcohol motifs (C(OH)–C–C–N with tert-alkyl or cyclic N) is 1. The summed E-state index contributed by atoms with van der Waals surface area (Å²) in [5.74, 6) is 1.49. The maximum atomic E-state index is 12.8. The summed E-state index contributed by atoms with van der Waals surface area (Å²) in [5.41, 5.74) is 2.65. The number of unbranched alkanes of at least 4 members (excludes halogenated alkanes) is 2. The second-order valence-electron chi connectivity index (χ2n) is 15.2. The van der Waals surface area contributed by atoms with Crippen LogP contribution in [-0.2, 0) is 6.54 Å². The van der Waals surface area contributed by atoms with E-state index in [9.17, 15) is 14.7 Å². The number of halogens is 2. The Morgan fingerprint density at radius 1 is 0.796 bits per heavy atom. The van der Waals surface area contributed by atoms with Crippen LogP contribution in [0.25, 0.3) is 21.8 Å². The van der Waals surface area contributed by atoms with E-state index in [4.69, 9.17) is 0 Å². The Balaban J connectivity index is 0.729. The highest BCUT2D eigenvalue weighted by atomic mass is 79.9. The van der Waals surface area contributed by atoms with E-state index in [1.165, 1.54) is 17.0 Å². The van der Waals surface area contributed by atoms with Crippen molar-refractivity contribution in [2.45, 2.75) is 44.8 Å². The van der Waals surface area contributed by atoms with Gasteiger partial charge in [0.15, 0.2) is 6.29 Å². The van der Waals surface area contributed by atoms with Crippen molar-refractivity contribution in [2.75, 3.05) is 96.5 Å². The van der Waals surface area contributed by atoms with Crippen LogP contribution in [0.4, 0.5) is 10.6 Å². The summed E-state index contributed by atoms with van der Waals surface area (Å²) in [6.07, 6.45) is 8.97. The number of nitrogens with one attached hydrogen (secondary N) is 1. The summed E-state index contributed by atoms with van der Waals surface area (Å²) >= 11 is 7.25. The monoisotopic (exact) mass is 865 g/mol. The molecular weight excluding hydrogens is 814 g/mol. The third-order valence-electron chi connectivity index (χ3n) is 11.4. The molecular formula is C40H53Br2N9O3. The van der Waals surface area contributed by atoms with Crippen LogP contribution in [0.3, 0.4) is 0 Å². The predicted molar refractivity (Wildman–Crippen MR) is 221 cm³/mol. The minimum Gasteiger partial charge on any atom is -0.390 e. The largest absolute Gasteiger partial charge is 0.390 e. The third kappa shape index (κ3) is 9.99. The molecule has 1 atom stereocenters. The number of aliphatic hydroxyl groups excluding tert-OH is 1. The number of carbonyl (C=O) groups is 2. The molecule has 5 heterocycles. The van der Waals surface area contributed by atoms with Crippen LogP contribution in [0.1, 0.15) is 42.6 Å². The van der Waals surface area contributed by atoms with E-state index in [2.05, 4.69) is 108 Å². The van der Waals surface area contributed by atoms with Gasteiger partial charge in [-0.25, -0.2) is 14.8 Å². The quantitative estimate of drug-likeness (QED) is 0.129. The van der Waals surface area contributed by atoms with Gasteiger partial charge in [0.05, 0.1) is 25.0 Å². The fourth-order valence-electron chi connectivity index (χ4n) is 8.35. The van der Waals surface area contributed by atoms with Crippen molar-refractivity contribution in [3.05, 3.63) is 63.4 Å². The molecule has 2 N–H and O–H groups in total. The van der Waals surface area contributed by atoms with Crippen molar-refractivity contribution < 1.29 is 14.7 Å². The first-order valence-corrected chi connectivity index (χ1v) is 21.2. The summed E-state index contributed by atoms with van der Waals surface area (Å²) < 4.78 is 4.37. The predicted octanol–water partition coefficient (Wildman–Crippen LogP) is 5.31. The van der Waals surface area contributed by atoms with Gasteiger partial charge in [-0.05, 0) is 74.5 Å². The van der Waals surface area contributed by atoms with Crippen LogP contribution in [0, 0.1) is 5.92 Å². The van der Waals surface area contributed by atoms with Crippen LogP contribution in [0.15, 0.2) is 57.7 Å². The van der Waals surface area contributed by atoms with Gasteiger partial charge in [0.25, 0.3) is 0 Å². The fourth-order valence-corrected chi connectivity index (χ4v) is 9.07. The van der Waals surface area contributed by atoms with Gasteiger partial charge in [0.1, 0.15) is 11.5 Å². The molecule has 54 heavy (non-hydrogen) atoms. The fraction of sp³-hybridized carbons (Fsp3) is 0.550. The van der Waals surface area contributed by atoms with Gasteiger partial charge >= 0.3 is 6.03 Å². The number of rotatable bonds is 14. The van der Waals surface area contributed by atoms with E-state index in [1.807, 2.05) is 4.90 Å². The standard InChI is InChI=1S/C40H53Br2N9O3/c41-31-4-6-37-35(22-31)36-23-32(42)5-7-38(36)51(37)28-34(53)27-48-16-14-46(15-17-48)11-3-1-2-10-43-40(54)50-20-18-47(19-21-50)26-30-8-12-49(13-9-30)39-25-44-33(29-52)24-45-39/h4-7,22-25,29-30,34,53H,1-3,8-21,26-28H2,(H,43,54). The Bertz CT molecular complexity index is 1790. The molecule has 2 aromatic carbocycles. The lowest BCUT2D eigenvalue weighted by molar-refractivity contribution is 0.0650. The van der Waals surface area contributed by atoms with Gasteiger partial charge in [0.2, 0.25) is 0 Å². The first kappa shape index (κ1) is 39.1. The summed E-state index contributed by atoms with van der Waals surface area (Å²) in [5, 5.41) is 16.7. The SMILES string of the molecule is O=Cc1cnc(N2CCC(CN3CCN(C(=O)NCCCCCN4CCN(CC(O)Cn5c6ccc(Br)cc6c6cc(Br)ccc65)CC4)CC3)CC2)cn1. The Morgan fingerprint density at radius 3 is 2.07 bits per heavy atom. The molecule has 4 aromatic rings. The van der Waals surface area contributed by atoms with Crippen molar-refractivity contribution >= 4 is 71.8 Å². The van der Waals surface area contributed by atoms with Crippen molar-refractivity contribution in [3.63, 3.8) is 0 Å². The first-order valence-electron chi connectivity index (χ1n) is 19.6. The maximum Gasteiger partial charge on any atom is 0.317 e. The molecule has 12 nitrogen and oxygen atoms in total. The summed E-state index contributed by atoms with van der Waals surface area (Å²) in [7, 11) is 0. The molecule has 3 aliphatic rings. The molecule has 0 spiro atoms. The molecule has 0 radical (unpaired) electrons. The number of aromatic nitrogens is 3. The maximum absolute atomic E-state index is 12.8. The highest BCUT2D eigenvalue weighted by Gasteiger charge is 2.26. The number of hydrogen-bond donors (Lipinski definition) is 2. The molecule has 3 saturated heterocycles. The van der Waals surface area contributed by atoms with Crippen LogP contribution in [-0.4, -0.2) is 149 Å². The molecule has 0 saturated carbocycles. The summed E-state index contributed by atoms with van der Waals surface area (Å²) in [6, 6.07) is 12.8. The average molecular weight is 868 g/mol. The average Bonchev–Trinajstić information content (AvgIpc) is 3.48. The Hall–Kier alpha value is -3.14. The lowest BCUT2D eigenvalue weighted by atomic mass is 9.96. The van der Waals surface area contributed by atoms with Crippen LogP contribution < -0.4 is 10.2 Å². The zero-order chi connectivity index (χ0) is 37.4. The van der Waals surface area contributed by atoms with Gasteiger partial charge in [-0.1, -0.05) is 38.3 Å². The van der Waals surface area contributed by atoms with E-state index in [1.54, 1.807) is 6.20 Å². The Labute approximate surface area is 335 Å². The molecule has 1 unspecified atom stereocenters. The molecule has 0 aliphatic carbocycles. The second kappa shape index (κ2) is 18.7. The molecule has 3 aliphatic heterocycles. The van der Waals surface area contributed by atoms with Gasteiger partial charge in [-0.15, -0.1) is 0 Å². The Kier molecular flexibility index (Phi) is 13.5. The van der Waals surface area contributed by atoms with E-state index in [-0.39, 0.29) is 6.03 Å². The van der Waals surface area contributed by atoms with Crippen LogP contribution >= 0.6 is 31.9 Å². The van der Waals surface area contributed by atoms with E-state index in [0.717, 1.165) is 149 Å². The number of amides is 2. The number of carbonyl (C=O) groups excluding carboxylic acids is 2. The van der Waals surface area contributed by atoms with E-state index in [0.29, 0.717) is 24.7 Å². The highest BCUT2D eigenvalue weighted by Crippen LogP contribution is 2.33. The number of fused-ring (bicyclic) bond motifs is 3. The van der Waals surface area contributed by atoms with Crippen molar-refractivity contribution in [3.8, 4) is 0 Å². The lowest BCUT2D eigenvalue weighted by Crippen LogP contribution is -2.53. The van der Waals surface area contributed by atoms with Crippen LogP contribution in [0.2, 0.25) is 0 Å². The smallest absolute Gasteiger partial charge is 0.317 e. The number of piperazine rings is 2. The molecule has 290 valence electrons. The van der Waals surface area contributed by atoms with E-state index >= 15 is 0 Å². The number of hydrogen-bond acceptors (Lipinski definition) is 9. The van der Waals surface area contributed by atoms with Gasteiger partial charge in [0, 0.05) is 116 Å². The molecule has 2 aromatic heterocycles. The summed E-state index contributed by atoms with van der Waals surface area (Å²) in [4.78, 5) is 43.9. The normalized spacial score (nSPS) is 18.8. The number of anilines is 1. The number of aldehydes is 1. The zero-order valence-corrected chi connectivity index (χ0v) is 34.3. The summed E-state index contributed by atoms with van der Waals surface area (Å²) in [6.45, 7) is 13.5. The van der Waals surface area contributed by atoms with Crippen LogP contribution in [0.5, 0.6) is 0 Å². The second-order valence-corrected chi connectivity index (χ2v) is 17.0. The lowest BCUT2D eigenvalue weighted by Gasteiger charge is -2.39. The number of piperidine rings is 1. The molecule has 3 fully saturated rings. The van der Waals surface area contributed by atoms with Crippen molar-refractivity contribution in [1.82, 2.24) is 39.5 Å². The highest BCUT2D eigenvalue weighted by molar-refractivity contribution is 9.10.